The standard InChI is InChI=1S/C25H28ClN5O4/c1-5-13-29(24(33)19-12-11-18(31(34)35)14-20(19)26)16-23(32)27-22-15-21(25(2,3)4)28-30(22)17-9-7-6-8-10-17/h6-12,14-15H,5,13,16H2,1-4H3,(H,27,32). The second-order valence-electron chi connectivity index (χ2n) is 9.11. The number of non-ortho nitro benzene ring substituents is 1. The number of carbonyl (C=O) groups excluding carboxylic acids is 2. The first kappa shape index (κ1) is 25.9. The van der Waals surface area contributed by atoms with Crippen molar-refractivity contribution in [2.75, 3.05) is 18.4 Å². The van der Waals surface area contributed by atoms with Crippen LogP contribution in [0.5, 0.6) is 0 Å². The lowest BCUT2D eigenvalue weighted by atomic mass is 9.92. The van der Waals surface area contributed by atoms with Crippen LogP contribution in [0.1, 0.15) is 50.2 Å². The van der Waals surface area contributed by atoms with Crippen LogP contribution in [0.2, 0.25) is 5.02 Å². The van der Waals surface area contributed by atoms with Crippen molar-refractivity contribution >= 4 is 34.9 Å². The van der Waals surface area contributed by atoms with E-state index in [9.17, 15) is 19.7 Å². The molecule has 10 heteroatoms. The Hall–Kier alpha value is -3.72. The fourth-order valence-corrected chi connectivity index (χ4v) is 3.70. The van der Waals surface area contributed by atoms with Crippen LogP contribution in [0.15, 0.2) is 54.6 Å². The zero-order valence-electron chi connectivity index (χ0n) is 20.1. The van der Waals surface area contributed by atoms with Gasteiger partial charge in [0, 0.05) is 30.2 Å². The number of rotatable bonds is 8. The van der Waals surface area contributed by atoms with E-state index in [1.807, 2.05) is 64.1 Å². The summed E-state index contributed by atoms with van der Waals surface area (Å²) in [6.07, 6.45) is 0.611. The highest BCUT2D eigenvalue weighted by atomic mass is 35.5. The molecule has 0 unspecified atom stereocenters. The van der Waals surface area contributed by atoms with Crippen LogP contribution in [-0.4, -0.2) is 44.5 Å². The molecule has 1 aromatic heterocycles. The van der Waals surface area contributed by atoms with E-state index >= 15 is 0 Å². The van der Waals surface area contributed by atoms with E-state index in [0.29, 0.717) is 18.8 Å². The molecule has 9 nitrogen and oxygen atoms in total. The van der Waals surface area contributed by atoms with Crippen LogP contribution in [0.25, 0.3) is 5.69 Å². The van der Waals surface area contributed by atoms with E-state index in [-0.39, 0.29) is 28.2 Å². The van der Waals surface area contributed by atoms with Crippen molar-refractivity contribution < 1.29 is 14.5 Å². The Labute approximate surface area is 208 Å². The predicted octanol–water partition coefficient (Wildman–Crippen LogP) is 5.22. The van der Waals surface area contributed by atoms with E-state index in [1.54, 1.807) is 4.68 Å². The summed E-state index contributed by atoms with van der Waals surface area (Å²) >= 11 is 6.15. The second-order valence-corrected chi connectivity index (χ2v) is 9.52. The minimum Gasteiger partial charge on any atom is -0.329 e. The van der Waals surface area contributed by atoms with Gasteiger partial charge in [-0.1, -0.05) is 57.5 Å². The van der Waals surface area contributed by atoms with Gasteiger partial charge in [0.25, 0.3) is 11.6 Å². The highest BCUT2D eigenvalue weighted by Gasteiger charge is 2.25. The number of halogens is 1. The number of para-hydroxylation sites is 1. The fourth-order valence-electron chi connectivity index (χ4n) is 3.44. The summed E-state index contributed by atoms with van der Waals surface area (Å²) in [5.41, 5.74) is 1.24. The minimum atomic E-state index is -0.584. The number of amides is 2. The molecule has 3 aromatic rings. The molecular weight excluding hydrogens is 470 g/mol. The number of anilines is 1. The Morgan fingerprint density at radius 3 is 2.40 bits per heavy atom. The Balaban J connectivity index is 1.85. The number of nitrogens with zero attached hydrogens (tertiary/aromatic N) is 4. The third-order valence-corrected chi connectivity index (χ3v) is 5.57. The normalized spacial score (nSPS) is 11.2. The van der Waals surface area contributed by atoms with Crippen molar-refractivity contribution in [3.8, 4) is 5.69 Å². The van der Waals surface area contributed by atoms with Gasteiger partial charge in [0.15, 0.2) is 0 Å². The lowest BCUT2D eigenvalue weighted by Crippen LogP contribution is -2.39. The van der Waals surface area contributed by atoms with Gasteiger partial charge < -0.3 is 10.2 Å². The van der Waals surface area contributed by atoms with Gasteiger partial charge in [-0.3, -0.25) is 19.7 Å². The molecule has 0 spiro atoms. The molecular formula is C25H28ClN5O4. The molecule has 0 saturated carbocycles. The molecule has 0 bridgehead atoms. The van der Waals surface area contributed by atoms with Crippen LogP contribution in [0.4, 0.5) is 11.5 Å². The molecule has 2 aromatic carbocycles. The van der Waals surface area contributed by atoms with Gasteiger partial charge in [-0.15, -0.1) is 0 Å². The topological polar surface area (TPSA) is 110 Å². The van der Waals surface area contributed by atoms with Crippen LogP contribution in [0, 0.1) is 10.1 Å². The quantitative estimate of drug-likeness (QED) is 0.338. The zero-order valence-corrected chi connectivity index (χ0v) is 20.9. The van der Waals surface area contributed by atoms with Crippen molar-refractivity contribution in [1.29, 1.82) is 0 Å². The van der Waals surface area contributed by atoms with E-state index in [4.69, 9.17) is 11.6 Å². The van der Waals surface area contributed by atoms with Gasteiger partial charge in [-0.2, -0.15) is 5.10 Å². The third-order valence-electron chi connectivity index (χ3n) is 5.26. The molecule has 1 heterocycles. The highest BCUT2D eigenvalue weighted by molar-refractivity contribution is 6.34. The lowest BCUT2D eigenvalue weighted by molar-refractivity contribution is -0.384. The maximum atomic E-state index is 13.1. The summed E-state index contributed by atoms with van der Waals surface area (Å²) in [7, 11) is 0. The van der Waals surface area contributed by atoms with Gasteiger partial charge in [0.05, 0.1) is 26.9 Å². The molecule has 0 aliphatic heterocycles. The van der Waals surface area contributed by atoms with Crippen molar-refractivity contribution in [2.45, 2.75) is 39.5 Å². The number of carbonyl (C=O) groups is 2. The Morgan fingerprint density at radius 1 is 1.14 bits per heavy atom. The van der Waals surface area contributed by atoms with Gasteiger partial charge in [0.2, 0.25) is 5.91 Å². The Bertz CT molecular complexity index is 1230. The van der Waals surface area contributed by atoms with Crippen molar-refractivity contribution in [1.82, 2.24) is 14.7 Å². The first-order valence-electron chi connectivity index (χ1n) is 11.2. The number of hydrogen-bond donors (Lipinski definition) is 1. The molecule has 1 N–H and O–H groups in total. The number of hydrogen-bond acceptors (Lipinski definition) is 5. The first-order valence-corrected chi connectivity index (χ1v) is 11.6. The fraction of sp³-hybridized carbons (Fsp3) is 0.320. The van der Waals surface area contributed by atoms with Gasteiger partial charge in [-0.25, -0.2) is 4.68 Å². The molecule has 184 valence electrons. The highest BCUT2D eigenvalue weighted by Crippen LogP contribution is 2.27. The van der Waals surface area contributed by atoms with Gasteiger partial charge in [0.1, 0.15) is 12.4 Å². The first-order chi connectivity index (χ1) is 16.5. The zero-order chi connectivity index (χ0) is 25.8. The van der Waals surface area contributed by atoms with Gasteiger partial charge in [-0.05, 0) is 24.6 Å². The Kier molecular flexibility index (Phi) is 7.91. The minimum absolute atomic E-state index is 0.0392. The van der Waals surface area contributed by atoms with Crippen LogP contribution >= 0.6 is 11.6 Å². The third kappa shape index (κ3) is 6.24. The lowest BCUT2D eigenvalue weighted by Gasteiger charge is -2.22. The monoisotopic (exact) mass is 497 g/mol. The molecule has 0 fully saturated rings. The number of nitro benzene ring substituents is 1. The van der Waals surface area contributed by atoms with E-state index in [1.165, 1.54) is 17.0 Å². The average molecular weight is 498 g/mol. The summed E-state index contributed by atoms with van der Waals surface area (Å²) in [5, 5.41) is 18.5. The molecule has 3 rings (SSSR count). The van der Waals surface area contributed by atoms with Crippen molar-refractivity contribution in [3.05, 3.63) is 81.0 Å². The SMILES string of the molecule is CCCN(CC(=O)Nc1cc(C(C)(C)C)nn1-c1ccccc1)C(=O)c1ccc([N+](=O)[O-])cc1Cl. The molecule has 0 atom stereocenters. The smallest absolute Gasteiger partial charge is 0.270 e. The maximum Gasteiger partial charge on any atom is 0.270 e. The molecule has 0 saturated heterocycles. The van der Waals surface area contributed by atoms with Crippen molar-refractivity contribution in [3.63, 3.8) is 0 Å². The van der Waals surface area contributed by atoms with Crippen LogP contribution in [-0.2, 0) is 10.2 Å². The largest absolute Gasteiger partial charge is 0.329 e. The summed E-state index contributed by atoms with van der Waals surface area (Å²) in [5.74, 6) is -0.389. The summed E-state index contributed by atoms with van der Waals surface area (Å²) in [6, 6.07) is 14.9. The van der Waals surface area contributed by atoms with Crippen LogP contribution < -0.4 is 5.32 Å². The van der Waals surface area contributed by atoms with E-state index in [0.717, 1.165) is 17.4 Å². The average Bonchev–Trinajstić information content (AvgIpc) is 3.23. The van der Waals surface area contributed by atoms with Crippen LogP contribution in [0.3, 0.4) is 0 Å². The van der Waals surface area contributed by atoms with E-state index in [2.05, 4.69) is 10.4 Å². The second kappa shape index (κ2) is 10.7. The van der Waals surface area contributed by atoms with E-state index < -0.39 is 16.7 Å². The summed E-state index contributed by atoms with van der Waals surface area (Å²) in [6.45, 7) is 8.08. The van der Waals surface area contributed by atoms with Crippen molar-refractivity contribution in [2.24, 2.45) is 0 Å². The molecule has 0 aliphatic carbocycles. The predicted molar refractivity (Wildman–Crippen MR) is 135 cm³/mol. The number of nitrogens with one attached hydrogen (secondary N) is 1. The molecule has 0 radical (unpaired) electrons. The Morgan fingerprint density at radius 2 is 1.83 bits per heavy atom. The molecule has 0 aliphatic rings. The number of benzene rings is 2. The maximum absolute atomic E-state index is 13.1. The molecule has 2 amide bonds. The number of nitro groups is 1. The molecule has 35 heavy (non-hydrogen) atoms. The summed E-state index contributed by atoms with van der Waals surface area (Å²) in [4.78, 5) is 37.9. The summed E-state index contributed by atoms with van der Waals surface area (Å²) < 4.78 is 1.66. The van der Waals surface area contributed by atoms with Gasteiger partial charge >= 0.3 is 0 Å². The number of aromatic nitrogens is 2.